The average molecular weight is 566 g/mol. The standard InChI is InChI=1S/C32H43N3O6/c1-4-6-9-23(18-34-5-2)20-40-30(39)32-29(38)26-11-8-7-10-25(26)28(37)31(32,41-32)17-24(19-36)21(3)12-13-22-14-15-35-27(33)16-22/h7-8,10-11,14,16,23,34-36H,4-6,9,12-13,15,17-20,33H2,1-3H3. The zero-order valence-electron chi connectivity index (χ0n) is 24.4. The average Bonchev–Trinajstić information content (AvgIpc) is 3.68. The number of fused-ring (bicyclic) bond motifs is 2. The highest BCUT2D eigenvalue weighted by molar-refractivity contribution is 6.32. The summed E-state index contributed by atoms with van der Waals surface area (Å²) in [6, 6.07) is 6.48. The molecule has 0 saturated carbocycles. The Balaban J connectivity index is 1.60. The largest absolute Gasteiger partial charge is 0.463 e. The van der Waals surface area contributed by atoms with Gasteiger partial charge in [-0.25, -0.2) is 4.79 Å². The first-order valence-corrected chi connectivity index (χ1v) is 14.7. The van der Waals surface area contributed by atoms with Gasteiger partial charge in [-0.05, 0) is 50.0 Å². The molecule has 0 bridgehead atoms. The Morgan fingerprint density at radius 2 is 1.95 bits per heavy atom. The third-order valence-electron chi connectivity index (χ3n) is 8.40. The van der Waals surface area contributed by atoms with Gasteiger partial charge < -0.3 is 30.9 Å². The third kappa shape index (κ3) is 6.03. The predicted octanol–water partition coefficient (Wildman–Crippen LogP) is 3.34. The second-order valence-electron chi connectivity index (χ2n) is 11.2. The summed E-state index contributed by atoms with van der Waals surface area (Å²) in [6.45, 7) is 7.94. The molecule has 1 aliphatic carbocycles. The van der Waals surface area contributed by atoms with Crippen LogP contribution in [-0.2, 0) is 14.3 Å². The predicted molar refractivity (Wildman–Crippen MR) is 156 cm³/mol. The van der Waals surface area contributed by atoms with Crippen molar-refractivity contribution < 1.29 is 29.0 Å². The molecule has 2 aliphatic heterocycles. The molecule has 9 nitrogen and oxygen atoms in total. The molecule has 41 heavy (non-hydrogen) atoms. The van der Waals surface area contributed by atoms with Crippen LogP contribution in [-0.4, -0.2) is 66.7 Å². The molecule has 1 aromatic rings. The lowest BCUT2D eigenvalue weighted by Crippen LogP contribution is -2.51. The number of benzene rings is 1. The highest BCUT2D eigenvalue weighted by atomic mass is 16.7. The van der Waals surface area contributed by atoms with Gasteiger partial charge in [0, 0.05) is 36.6 Å². The number of aliphatic hydroxyl groups is 1. The number of allylic oxidation sites excluding steroid dienone is 3. The summed E-state index contributed by atoms with van der Waals surface area (Å²) < 4.78 is 11.8. The van der Waals surface area contributed by atoms with Crippen molar-refractivity contribution in [3.63, 3.8) is 0 Å². The number of unbranched alkanes of at least 4 members (excludes halogenated alkanes) is 1. The Hall–Kier alpha value is -3.27. The normalized spacial score (nSPS) is 24.3. The molecule has 0 spiro atoms. The Morgan fingerprint density at radius 1 is 1.22 bits per heavy atom. The maximum atomic E-state index is 13.9. The molecule has 0 radical (unpaired) electrons. The van der Waals surface area contributed by atoms with Gasteiger partial charge in [0.05, 0.1) is 19.0 Å². The van der Waals surface area contributed by atoms with E-state index in [1.54, 1.807) is 24.3 Å². The number of rotatable bonds is 15. The van der Waals surface area contributed by atoms with Crippen LogP contribution in [0.3, 0.4) is 0 Å². The summed E-state index contributed by atoms with van der Waals surface area (Å²) in [5.41, 5.74) is 4.99. The number of dihydropyridines is 1. The smallest absolute Gasteiger partial charge is 0.350 e. The molecule has 222 valence electrons. The van der Waals surface area contributed by atoms with Crippen LogP contribution >= 0.6 is 0 Å². The number of Topliss-reactive ketones (excluding diaryl/α,β-unsaturated/α-hetero) is 2. The van der Waals surface area contributed by atoms with Crippen molar-refractivity contribution in [2.75, 3.05) is 32.8 Å². The van der Waals surface area contributed by atoms with Crippen LogP contribution in [0.5, 0.6) is 0 Å². The van der Waals surface area contributed by atoms with Crippen molar-refractivity contribution in [3.05, 3.63) is 70.1 Å². The highest BCUT2D eigenvalue weighted by Crippen LogP contribution is 2.59. The second-order valence-corrected chi connectivity index (χ2v) is 11.2. The van der Waals surface area contributed by atoms with E-state index in [0.717, 1.165) is 37.0 Å². The number of carbonyl (C=O) groups excluding carboxylic acids is 3. The molecule has 9 heteroatoms. The molecule has 3 atom stereocenters. The van der Waals surface area contributed by atoms with Gasteiger partial charge in [-0.15, -0.1) is 0 Å². The molecule has 5 N–H and O–H groups in total. The zero-order valence-corrected chi connectivity index (χ0v) is 24.4. The van der Waals surface area contributed by atoms with Crippen molar-refractivity contribution in [1.29, 1.82) is 0 Å². The van der Waals surface area contributed by atoms with Gasteiger partial charge in [0.25, 0.3) is 5.60 Å². The van der Waals surface area contributed by atoms with Crippen molar-refractivity contribution >= 4 is 17.5 Å². The number of esters is 1. The first-order chi connectivity index (χ1) is 19.7. The molecule has 0 aromatic heterocycles. The highest BCUT2D eigenvalue weighted by Gasteiger charge is 2.85. The van der Waals surface area contributed by atoms with Crippen molar-refractivity contribution in [3.8, 4) is 0 Å². The molecule has 3 unspecified atom stereocenters. The van der Waals surface area contributed by atoms with E-state index in [-0.39, 0.29) is 36.7 Å². The van der Waals surface area contributed by atoms with E-state index in [9.17, 15) is 19.5 Å². The van der Waals surface area contributed by atoms with E-state index in [0.29, 0.717) is 37.3 Å². The van der Waals surface area contributed by atoms with Gasteiger partial charge >= 0.3 is 5.97 Å². The molecular formula is C32H43N3O6. The molecule has 1 aromatic carbocycles. The molecule has 0 amide bonds. The van der Waals surface area contributed by atoms with Crippen LogP contribution in [0.25, 0.3) is 0 Å². The number of aliphatic hydroxyl groups excluding tert-OH is 1. The van der Waals surface area contributed by atoms with Gasteiger partial charge in [-0.3, -0.25) is 9.59 Å². The van der Waals surface area contributed by atoms with E-state index >= 15 is 0 Å². The van der Waals surface area contributed by atoms with Crippen LogP contribution in [0, 0.1) is 5.92 Å². The number of hydrogen-bond donors (Lipinski definition) is 4. The van der Waals surface area contributed by atoms with Crippen LogP contribution in [0.4, 0.5) is 0 Å². The van der Waals surface area contributed by atoms with Crippen LogP contribution in [0.15, 0.2) is 59.0 Å². The van der Waals surface area contributed by atoms with Gasteiger partial charge in [-0.2, -0.15) is 0 Å². The molecule has 1 saturated heterocycles. The number of nitrogens with two attached hydrogens (primary N) is 1. The van der Waals surface area contributed by atoms with Crippen LogP contribution in [0.2, 0.25) is 0 Å². The number of ether oxygens (including phenoxy) is 2. The van der Waals surface area contributed by atoms with Gasteiger partial charge in [0.15, 0.2) is 11.4 Å². The molecule has 1 fully saturated rings. The maximum Gasteiger partial charge on any atom is 0.350 e. The van der Waals surface area contributed by atoms with E-state index in [4.69, 9.17) is 15.2 Å². The van der Waals surface area contributed by atoms with Crippen LogP contribution < -0.4 is 16.4 Å². The minimum atomic E-state index is -2.05. The topological polar surface area (TPSA) is 143 Å². The molecule has 2 heterocycles. The fourth-order valence-electron chi connectivity index (χ4n) is 5.81. The third-order valence-corrected chi connectivity index (χ3v) is 8.40. The summed E-state index contributed by atoms with van der Waals surface area (Å²) >= 11 is 0. The van der Waals surface area contributed by atoms with Crippen molar-refractivity contribution in [2.24, 2.45) is 11.7 Å². The summed E-state index contributed by atoms with van der Waals surface area (Å²) in [6.07, 6.45) is 8.04. The SMILES string of the molecule is CCCCC(CNCC)COC(=O)C12OC1(CC(CO)=C(C)CCC1=CCNC(N)=C1)C(=O)c1ccccc1C2=O. The Labute approximate surface area is 242 Å². The summed E-state index contributed by atoms with van der Waals surface area (Å²) in [5, 5.41) is 16.7. The van der Waals surface area contributed by atoms with Crippen LogP contribution in [0.1, 0.15) is 80.0 Å². The minimum absolute atomic E-state index is 0.0709. The summed E-state index contributed by atoms with van der Waals surface area (Å²) in [5.74, 6) is -1.15. The quantitative estimate of drug-likeness (QED) is 0.109. The lowest BCUT2D eigenvalue weighted by atomic mass is 9.71. The number of carbonyl (C=O) groups is 3. The van der Waals surface area contributed by atoms with Gasteiger partial charge in [0.1, 0.15) is 0 Å². The monoisotopic (exact) mass is 565 g/mol. The maximum absolute atomic E-state index is 13.9. The van der Waals surface area contributed by atoms with Crippen molar-refractivity contribution in [2.45, 2.75) is 70.5 Å². The van der Waals surface area contributed by atoms with E-state index in [1.165, 1.54) is 0 Å². The lowest BCUT2D eigenvalue weighted by Gasteiger charge is -2.26. The van der Waals surface area contributed by atoms with Gasteiger partial charge in [0.2, 0.25) is 5.78 Å². The van der Waals surface area contributed by atoms with Crippen molar-refractivity contribution in [1.82, 2.24) is 10.6 Å². The zero-order chi connectivity index (χ0) is 29.6. The second kappa shape index (κ2) is 13.1. The van der Waals surface area contributed by atoms with E-state index in [1.807, 2.05) is 19.9 Å². The van der Waals surface area contributed by atoms with E-state index < -0.39 is 28.7 Å². The first-order valence-electron chi connectivity index (χ1n) is 14.7. The lowest BCUT2D eigenvalue weighted by molar-refractivity contribution is -0.149. The summed E-state index contributed by atoms with van der Waals surface area (Å²) in [7, 11) is 0. The Bertz CT molecular complexity index is 1260. The Kier molecular flexibility index (Phi) is 9.84. The molecule has 4 rings (SSSR count). The van der Waals surface area contributed by atoms with E-state index in [2.05, 4.69) is 23.6 Å². The first kappa shape index (κ1) is 30.7. The molecule has 3 aliphatic rings. The number of nitrogens with one attached hydrogen (secondary N) is 2. The number of ketones is 2. The summed E-state index contributed by atoms with van der Waals surface area (Å²) in [4.78, 5) is 41.5. The fraction of sp³-hybridized carbons (Fsp3) is 0.531. The number of epoxide rings is 1. The molecular weight excluding hydrogens is 522 g/mol. The number of hydrogen-bond acceptors (Lipinski definition) is 9. The van der Waals surface area contributed by atoms with Gasteiger partial charge in [-0.1, -0.05) is 62.6 Å². The Morgan fingerprint density at radius 3 is 2.61 bits per heavy atom. The fourth-order valence-corrected chi connectivity index (χ4v) is 5.81. The minimum Gasteiger partial charge on any atom is -0.463 e.